The van der Waals surface area contributed by atoms with Crippen molar-refractivity contribution in [1.82, 2.24) is 0 Å². The van der Waals surface area contributed by atoms with Crippen LogP contribution in [0.3, 0.4) is 0 Å². The van der Waals surface area contributed by atoms with E-state index in [0.717, 1.165) is 5.92 Å². The molecule has 0 amide bonds. The van der Waals surface area contributed by atoms with Crippen LogP contribution in [-0.2, 0) is 0 Å². The highest BCUT2D eigenvalue weighted by Crippen LogP contribution is 2.27. The molecule has 1 aliphatic rings. The standard InChI is InChI=1S/C15H21N/c1-12(2)14-7-9-16(10-8-14)15-6-4-5-13(3)11-15/h4-6,11,14H,1,7-10H2,2-3H3. The van der Waals surface area contributed by atoms with Crippen LogP contribution in [0.4, 0.5) is 5.69 Å². The Bertz CT molecular complexity index is 373. The van der Waals surface area contributed by atoms with E-state index in [-0.39, 0.29) is 0 Å². The van der Waals surface area contributed by atoms with Gasteiger partial charge in [-0.1, -0.05) is 24.3 Å². The molecule has 0 spiro atoms. The topological polar surface area (TPSA) is 3.24 Å². The van der Waals surface area contributed by atoms with Gasteiger partial charge in [0.1, 0.15) is 0 Å². The molecule has 0 unspecified atom stereocenters. The second-order valence-corrected chi connectivity index (χ2v) is 4.95. The van der Waals surface area contributed by atoms with Crippen LogP contribution in [0.5, 0.6) is 0 Å². The lowest BCUT2D eigenvalue weighted by Crippen LogP contribution is -2.33. The molecule has 1 aliphatic heterocycles. The first-order valence-corrected chi connectivity index (χ1v) is 6.14. The number of rotatable bonds is 2. The molecule has 0 radical (unpaired) electrons. The zero-order valence-corrected chi connectivity index (χ0v) is 10.4. The molecule has 1 saturated heterocycles. The molecule has 1 fully saturated rings. The molecule has 86 valence electrons. The molecule has 1 heterocycles. The Balaban J connectivity index is 2.01. The summed E-state index contributed by atoms with van der Waals surface area (Å²) >= 11 is 0. The van der Waals surface area contributed by atoms with Gasteiger partial charge in [0.25, 0.3) is 0 Å². The van der Waals surface area contributed by atoms with Crippen LogP contribution in [0, 0.1) is 12.8 Å². The smallest absolute Gasteiger partial charge is 0.0368 e. The monoisotopic (exact) mass is 215 g/mol. The van der Waals surface area contributed by atoms with Crippen molar-refractivity contribution in [3.63, 3.8) is 0 Å². The number of hydrogen-bond donors (Lipinski definition) is 0. The Labute approximate surface area is 98.8 Å². The number of aryl methyl sites for hydroxylation is 1. The van der Waals surface area contributed by atoms with E-state index in [1.807, 2.05) is 0 Å². The molecule has 1 aromatic carbocycles. The third-order valence-electron chi connectivity index (χ3n) is 3.56. The van der Waals surface area contributed by atoms with E-state index >= 15 is 0 Å². The predicted molar refractivity (Wildman–Crippen MR) is 70.9 cm³/mol. The van der Waals surface area contributed by atoms with E-state index in [0.29, 0.717) is 0 Å². The summed E-state index contributed by atoms with van der Waals surface area (Å²) in [5.41, 5.74) is 4.07. The Morgan fingerprint density at radius 1 is 1.31 bits per heavy atom. The third-order valence-corrected chi connectivity index (χ3v) is 3.56. The summed E-state index contributed by atoms with van der Waals surface area (Å²) in [6, 6.07) is 8.80. The van der Waals surface area contributed by atoms with Crippen molar-refractivity contribution >= 4 is 5.69 Å². The minimum atomic E-state index is 0.737. The van der Waals surface area contributed by atoms with Gasteiger partial charge in [-0.3, -0.25) is 0 Å². The number of hydrogen-bond acceptors (Lipinski definition) is 1. The van der Waals surface area contributed by atoms with Crippen molar-refractivity contribution in [1.29, 1.82) is 0 Å². The van der Waals surface area contributed by atoms with Gasteiger partial charge in [0.05, 0.1) is 0 Å². The first-order valence-electron chi connectivity index (χ1n) is 6.14. The van der Waals surface area contributed by atoms with E-state index in [9.17, 15) is 0 Å². The predicted octanol–water partition coefficient (Wildman–Crippen LogP) is 3.79. The summed E-state index contributed by atoms with van der Waals surface area (Å²) in [5, 5.41) is 0. The average molecular weight is 215 g/mol. The highest BCUT2D eigenvalue weighted by molar-refractivity contribution is 5.48. The molecule has 0 N–H and O–H groups in total. The Kier molecular flexibility index (Phi) is 3.33. The molecule has 0 atom stereocenters. The maximum absolute atomic E-state index is 4.07. The number of nitrogens with zero attached hydrogens (tertiary/aromatic N) is 1. The van der Waals surface area contributed by atoms with Gasteiger partial charge in [0.15, 0.2) is 0 Å². The third kappa shape index (κ3) is 2.46. The van der Waals surface area contributed by atoms with Gasteiger partial charge in [0.2, 0.25) is 0 Å². The lowest BCUT2D eigenvalue weighted by Gasteiger charge is -2.34. The molecule has 0 aliphatic carbocycles. The molecular weight excluding hydrogens is 194 g/mol. The zero-order valence-electron chi connectivity index (χ0n) is 10.4. The second kappa shape index (κ2) is 4.73. The molecule has 16 heavy (non-hydrogen) atoms. The van der Waals surface area contributed by atoms with E-state index in [4.69, 9.17) is 0 Å². The van der Waals surface area contributed by atoms with E-state index in [2.05, 4.69) is 49.6 Å². The SMILES string of the molecule is C=C(C)C1CCN(c2cccc(C)c2)CC1. The highest BCUT2D eigenvalue weighted by atomic mass is 15.1. The molecule has 1 aromatic rings. The summed E-state index contributed by atoms with van der Waals surface area (Å²) in [4.78, 5) is 2.49. The van der Waals surface area contributed by atoms with Gasteiger partial charge >= 0.3 is 0 Å². The van der Waals surface area contributed by atoms with Gasteiger partial charge in [-0.05, 0) is 50.3 Å². The maximum atomic E-state index is 4.07. The summed E-state index contributed by atoms with van der Waals surface area (Å²) < 4.78 is 0. The molecule has 0 bridgehead atoms. The molecule has 1 nitrogen and oxygen atoms in total. The van der Waals surface area contributed by atoms with Gasteiger partial charge in [0, 0.05) is 18.8 Å². The lowest BCUT2D eigenvalue weighted by atomic mass is 9.91. The summed E-state index contributed by atoms with van der Waals surface area (Å²) in [6.45, 7) is 10.7. The lowest BCUT2D eigenvalue weighted by molar-refractivity contribution is 0.459. The van der Waals surface area contributed by atoms with Crippen LogP contribution < -0.4 is 4.90 Å². The van der Waals surface area contributed by atoms with Gasteiger partial charge < -0.3 is 4.90 Å². The normalized spacial score (nSPS) is 17.5. The second-order valence-electron chi connectivity index (χ2n) is 4.95. The number of benzene rings is 1. The minimum absolute atomic E-state index is 0.737. The summed E-state index contributed by atoms with van der Waals surface area (Å²) in [5.74, 6) is 0.737. The van der Waals surface area contributed by atoms with Crippen molar-refractivity contribution in [3.05, 3.63) is 42.0 Å². The largest absolute Gasteiger partial charge is 0.371 e. The van der Waals surface area contributed by atoms with Crippen LogP contribution in [0.1, 0.15) is 25.3 Å². The molecule has 1 heteroatoms. The van der Waals surface area contributed by atoms with Gasteiger partial charge in [-0.15, -0.1) is 0 Å². The first-order chi connectivity index (χ1) is 7.66. The minimum Gasteiger partial charge on any atom is -0.371 e. The highest BCUT2D eigenvalue weighted by Gasteiger charge is 2.19. The summed E-state index contributed by atoms with van der Waals surface area (Å²) in [7, 11) is 0. The van der Waals surface area contributed by atoms with Crippen molar-refractivity contribution in [2.24, 2.45) is 5.92 Å². The zero-order chi connectivity index (χ0) is 11.5. The Morgan fingerprint density at radius 3 is 2.56 bits per heavy atom. The molecular formula is C15H21N. The van der Waals surface area contributed by atoms with Crippen molar-refractivity contribution in [3.8, 4) is 0 Å². The molecule has 0 aromatic heterocycles. The van der Waals surface area contributed by atoms with Gasteiger partial charge in [-0.2, -0.15) is 0 Å². The van der Waals surface area contributed by atoms with Crippen LogP contribution in [0.15, 0.2) is 36.4 Å². The van der Waals surface area contributed by atoms with E-state index in [1.165, 1.54) is 42.8 Å². The quantitative estimate of drug-likeness (QED) is 0.678. The van der Waals surface area contributed by atoms with Crippen molar-refractivity contribution in [2.45, 2.75) is 26.7 Å². The van der Waals surface area contributed by atoms with Crippen molar-refractivity contribution in [2.75, 3.05) is 18.0 Å². The Hall–Kier alpha value is -1.24. The van der Waals surface area contributed by atoms with Crippen LogP contribution in [0.2, 0.25) is 0 Å². The van der Waals surface area contributed by atoms with E-state index in [1.54, 1.807) is 0 Å². The first kappa shape index (κ1) is 11.3. The summed E-state index contributed by atoms with van der Waals surface area (Å²) in [6.07, 6.45) is 2.51. The fraction of sp³-hybridized carbons (Fsp3) is 0.467. The number of piperidine rings is 1. The van der Waals surface area contributed by atoms with E-state index < -0.39 is 0 Å². The average Bonchev–Trinajstić information content (AvgIpc) is 2.29. The Morgan fingerprint density at radius 2 is 2.00 bits per heavy atom. The fourth-order valence-corrected chi connectivity index (χ4v) is 2.46. The van der Waals surface area contributed by atoms with Crippen LogP contribution in [0.25, 0.3) is 0 Å². The van der Waals surface area contributed by atoms with Gasteiger partial charge in [-0.25, -0.2) is 0 Å². The van der Waals surface area contributed by atoms with Crippen molar-refractivity contribution < 1.29 is 0 Å². The fourth-order valence-electron chi connectivity index (χ4n) is 2.46. The number of allylic oxidation sites excluding steroid dienone is 1. The van der Waals surface area contributed by atoms with Crippen LogP contribution in [-0.4, -0.2) is 13.1 Å². The number of anilines is 1. The van der Waals surface area contributed by atoms with Crippen LogP contribution >= 0.6 is 0 Å². The molecule has 2 rings (SSSR count). The maximum Gasteiger partial charge on any atom is 0.0368 e. The molecule has 0 saturated carbocycles.